The number of hydrogen-bond donors (Lipinski definition) is 1. The molecule has 1 N–H and O–H groups in total. The number of allylic oxidation sites excluding steroid dienone is 1. The molecule has 1 atom stereocenters. The number of rotatable bonds is 7. The predicted molar refractivity (Wildman–Crippen MR) is 99.0 cm³/mol. The van der Waals surface area contributed by atoms with Crippen molar-refractivity contribution < 1.29 is 9.59 Å². The summed E-state index contributed by atoms with van der Waals surface area (Å²) in [4.78, 5) is 26.2. The maximum atomic E-state index is 12.2. The molecule has 0 unspecified atom stereocenters. The van der Waals surface area contributed by atoms with E-state index in [0.29, 0.717) is 19.4 Å². The van der Waals surface area contributed by atoms with Crippen LogP contribution in [0.5, 0.6) is 0 Å². The summed E-state index contributed by atoms with van der Waals surface area (Å²) in [6.07, 6.45) is 8.79. The van der Waals surface area contributed by atoms with Crippen LogP contribution in [0.1, 0.15) is 44.1 Å². The molecule has 1 aliphatic heterocycles. The standard InChI is InChI=1S/C21H28N2O2/c24-20(13-18-9-5-2-6-10-18)22-15-19-14-21(25)23(16-19)12-11-17-7-3-1-4-8-17/h1,3-4,7-9,19H,2,5-6,10-16H2,(H,22,24)/t19-/m0/s1. The van der Waals surface area contributed by atoms with E-state index in [0.717, 1.165) is 32.4 Å². The van der Waals surface area contributed by atoms with Crippen molar-refractivity contribution >= 4 is 11.8 Å². The van der Waals surface area contributed by atoms with E-state index in [-0.39, 0.29) is 17.7 Å². The zero-order valence-corrected chi connectivity index (χ0v) is 14.9. The number of amides is 2. The molecule has 134 valence electrons. The molecule has 2 amide bonds. The monoisotopic (exact) mass is 340 g/mol. The van der Waals surface area contributed by atoms with Gasteiger partial charge in [-0.05, 0) is 37.7 Å². The minimum atomic E-state index is 0.100. The molecule has 4 heteroatoms. The minimum Gasteiger partial charge on any atom is -0.355 e. The average molecular weight is 340 g/mol. The van der Waals surface area contributed by atoms with Crippen molar-refractivity contribution in [3.8, 4) is 0 Å². The van der Waals surface area contributed by atoms with Crippen molar-refractivity contribution in [1.82, 2.24) is 10.2 Å². The Labute approximate surface area is 150 Å². The van der Waals surface area contributed by atoms with Crippen LogP contribution < -0.4 is 5.32 Å². The van der Waals surface area contributed by atoms with Crippen LogP contribution in [0.4, 0.5) is 0 Å². The van der Waals surface area contributed by atoms with Gasteiger partial charge in [-0.15, -0.1) is 0 Å². The van der Waals surface area contributed by atoms with Gasteiger partial charge in [0.15, 0.2) is 0 Å². The third kappa shape index (κ3) is 5.45. The normalized spacial score (nSPS) is 20.5. The van der Waals surface area contributed by atoms with Gasteiger partial charge < -0.3 is 10.2 Å². The van der Waals surface area contributed by atoms with E-state index in [1.807, 2.05) is 23.1 Å². The highest BCUT2D eigenvalue weighted by molar-refractivity contribution is 5.80. The smallest absolute Gasteiger partial charge is 0.224 e. The Kier molecular flexibility index (Phi) is 6.26. The first kappa shape index (κ1) is 17.7. The number of hydrogen-bond acceptors (Lipinski definition) is 2. The highest BCUT2D eigenvalue weighted by Crippen LogP contribution is 2.20. The van der Waals surface area contributed by atoms with Gasteiger partial charge in [-0.1, -0.05) is 42.0 Å². The van der Waals surface area contributed by atoms with E-state index in [2.05, 4.69) is 23.5 Å². The molecule has 0 saturated carbocycles. The van der Waals surface area contributed by atoms with Crippen molar-refractivity contribution in [2.24, 2.45) is 5.92 Å². The molecule has 1 fully saturated rings. The lowest BCUT2D eigenvalue weighted by Crippen LogP contribution is -2.32. The molecule has 3 rings (SSSR count). The lowest BCUT2D eigenvalue weighted by Gasteiger charge is -2.17. The Bertz CT molecular complexity index is 624. The SMILES string of the molecule is O=C(CC1=CCCCC1)NC[C@@H]1CC(=O)N(CCc2ccccc2)C1. The zero-order valence-electron chi connectivity index (χ0n) is 14.9. The van der Waals surface area contributed by atoms with E-state index in [1.54, 1.807) is 0 Å². The second-order valence-electron chi connectivity index (χ2n) is 7.23. The fourth-order valence-electron chi connectivity index (χ4n) is 3.71. The highest BCUT2D eigenvalue weighted by atomic mass is 16.2. The zero-order chi connectivity index (χ0) is 17.5. The molecule has 0 aromatic heterocycles. The van der Waals surface area contributed by atoms with Gasteiger partial charge in [0.05, 0.1) is 0 Å². The lowest BCUT2D eigenvalue weighted by molar-refractivity contribution is -0.127. The van der Waals surface area contributed by atoms with Crippen LogP contribution in [-0.2, 0) is 16.0 Å². The predicted octanol–water partition coefficient (Wildman–Crippen LogP) is 3.08. The molecule has 4 nitrogen and oxygen atoms in total. The summed E-state index contributed by atoms with van der Waals surface area (Å²) < 4.78 is 0. The first-order valence-electron chi connectivity index (χ1n) is 9.47. The van der Waals surface area contributed by atoms with Gasteiger partial charge in [-0.25, -0.2) is 0 Å². The molecule has 1 aromatic carbocycles. The molecule has 1 aliphatic carbocycles. The molecule has 25 heavy (non-hydrogen) atoms. The number of carbonyl (C=O) groups is 2. The Hall–Kier alpha value is -2.10. The summed E-state index contributed by atoms with van der Waals surface area (Å²) in [6, 6.07) is 10.3. The second-order valence-corrected chi connectivity index (χ2v) is 7.23. The van der Waals surface area contributed by atoms with E-state index in [4.69, 9.17) is 0 Å². The maximum Gasteiger partial charge on any atom is 0.224 e. The number of carbonyl (C=O) groups excluding carboxylic acids is 2. The minimum absolute atomic E-state index is 0.100. The van der Waals surface area contributed by atoms with Crippen molar-refractivity contribution in [3.63, 3.8) is 0 Å². The van der Waals surface area contributed by atoms with Crippen LogP contribution >= 0.6 is 0 Å². The molecule has 0 radical (unpaired) electrons. The first-order chi connectivity index (χ1) is 12.2. The second kappa shape index (κ2) is 8.84. The van der Waals surface area contributed by atoms with Gasteiger partial charge in [0.25, 0.3) is 0 Å². The maximum absolute atomic E-state index is 12.2. The topological polar surface area (TPSA) is 49.4 Å². The van der Waals surface area contributed by atoms with Gasteiger partial charge in [0, 0.05) is 38.4 Å². The van der Waals surface area contributed by atoms with E-state index < -0.39 is 0 Å². The Morgan fingerprint density at radius 3 is 2.80 bits per heavy atom. The van der Waals surface area contributed by atoms with Crippen LogP contribution in [-0.4, -0.2) is 36.3 Å². The largest absolute Gasteiger partial charge is 0.355 e. The number of nitrogens with one attached hydrogen (secondary N) is 1. The Balaban J connectivity index is 1.38. The molecule has 1 aromatic rings. The van der Waals surface area contributed by atoms with Crippen molar-refractivity contribution in [1.29, 1.82) is 0 Å². The molecular formula is C21H28N2O2. The quantitative estimate of drug-likeness (QED) is 0.776. The summed E-state index contributed by atoms with van der Waals surface area (Å²) in [7, 11) is 0. The summed E-state index contributed by atoms with van der Waals surface area (Å²) in [5, 5.41) is 3.03. The Morgan fingerprint density at radius 2 is 2.04 bits per heavy atom. The molecule has 1 saturated heterocycles. The van der Waals surface area contributed by atoms with Crippen LogP contribution in [0.2, 0.25) is 0 Å². The van der Waals surface area contributed by atoms with Gasteiger partial charge in [-0.2, -0.15) is 0 Å². The third-order valence-corrected chi connectivity index (χ3v) is 5.17. The molecule has 1 heterocycles. The van der Waals surface area contributed by atoms with Gasteiger partial charge in [-0.3, -0.25) is 9.59 Å². The summed E-state index contributed by atoms with van der Waals surface area (Å²) in [6.45, 7) is 2.13. The van der Waals surface area contributed by atoms with Gasteiger partial charge in [0.1, 0.15) is 0 Å². The Morgan fingerprint density at radius 1 is 1.20 bits per heavy atom. The average Bonchev–Trinajstić information content (AvgIpc) is 3.00. The van der Waals surface area contributed by atoms with Crippen LogP contribution in [0, 0.1) is 5.92 Å². The number of likely N-dealkylation sites (tertiary alicyclic amines) is 1. The molecular weight excluding hydrogens is 312 g/mol. The summed E-state index contributed by atoms with van der Waals surface area (Å²) in [5.41, 5.74) is 2.53. The van der Waals surface area contributed by atoms with Crippen molar-refractivity contribution in [2.75, 3.05) is 19.6 Å². The lowest BCUT2D eigenvalue weighted by atomic mass is 9.97. The van der Waals surface area contributed by atoms with E-state index in [1.165, 1.54) is 24.0 Å². The van der Waals surface area contributed by atoms with E-state index >= 15 is 0 Å². The fraction of sp³-hybridized carbons (Fsp3) is 0.524. The fourth-order valence-corrected chi connectivity index (χ4v) is 3.71. The number of benzene rings is 1. The van der Waals surface area contributed by atoms with Crippen LogP contribution in [0.3, 0.4) is 0 Å². The van der Waals surface area contributed by atoms with Gasteiger partial charge in [0.2, 0.25) is 11.8 Å². The van der Waals surface area contributed by atoms with Crippen LogP contribution in [0.15, 0.2) is 42.0 Å². The van der Waals surface area contributed by atoms with Crippen molar-refractivity contribution in [2.45, 2.75) is 44.9 Å². The first-order valence-corrected chi connectivity index (χ1v) is 9.47. The highest BCUT2D eigenvalue weighted by Gasteiger charge is 2.29. The molecule has 0 spiro atoms. The van der Waals surface area contributed by atoms with E-state index in [9.17, 15) is 9.59 Å². The van der Waals surface area contributed by atoms with Crippen LogP contribution in [0.25, 0.3) is 0 Å². The number of nitrogens with zero attached hydrogens (tertiary/aromatic N) is 1. The van der Waals surface area contributed by atoms with Gasteiger partial charge >= 0.3 is 0 Å². The third-order valence-electron chi connectivity index (χ3n) is 5.17. The molecule has 2 aliphatic rings. The summed E-state index contributed by atoms with van der Waals surface area (Å²) in [5.74, 6) is 0.557. The van der Waals surface area contributed by atoms with Crippen molar-refractivity contribution in [3.05, 3.63) is 47.5 Å². The molecule has 0 bridgehead atoms. The summed E-state index contributed by atoms with van der Waals surface area (Å²) >= 11 is 0.